The fraction of sp³-hybridized carbons (Fsp3) is 0. The number of phenols is 1. The van der Waals surface area contributed by atoms with Crippen molar-refractivity contribution in [3.05, 3.63) is 71.3 Å². The fourth-order valence-electron chi connectivity index (χ4n) is 1.70. The standard InChI is InChI=1S/C15H10F2O3/c16-10-5-3-6-11(17)15(10)14(20)8-13(19)9-4-1-2-7-12(9)18/h1-8,18-19H/b13-8+. The first-order valence-corrected chi connectivity index (χ1v) is 5.68. The second-order valence-electron chi connectivity index (χ2n) is 4.01. The SMILES string of the molecule is O=C(/C=C(/O)c1ccccc1O)c1c(F)cccc1F. The van der Waals surface area contributed by atoms with Gasteiger partial charge >= 0.3 is 0 Å². The number of benzene rings is 2. The quantitative estimate of drug-likeness (QED) is 0.513. The van der Waals surface area contributed by atoms with E-state index in [9.17, 15) is 23.8 Å². The summed E-state index contributed by atoms with van der Waals surface area (Å²) >= 11 is 0. The number of carbonyl (C=O) groups is 1. The van der Waals surface area contributed by atoms with Crippen LogP contribution in [0, 0.1) is 11.6 Å². The zero-order chi connectivity index (χ0) is 14.7. The Hall–Kier alpha value is -2.69. The van der Waals surface area contributed by atoms with Gasteiger partial charge in [0, 0.05) is 6.08 Å². The molecule has 0 spiro atoms. The molecule has 0 atom stereocenters. The second kappa shape index (κ2) is 5.52. The van der Waals surface area contributed by atoms with Crippen molar-refractivity contribution in [1.82, 2.24) is 0 Å². The zero-order valence-corrected chi connectivity index (χ0v) is 10.2. The number of ketones is 1. The Morgan fingerprint density at radius 2 is 1.60 bits per heavy atom. The average Bonchev–Trinajstić information content (AvgIpc) is 2.38. The molecule has 2 aromatic carbocycles. The largest absolute Gasteiger partial charge is 0.507 e. The summed E-state index contributed by atoms with van der Waals surface area (Å²) < 4.78 is 26.8. The minimum absolute atomic E-state index is 0.00222. The molecule has 3 nitrogen and oxygen atoms in total. The molecule has 0 unspecified atom stereocenters. The molecule has 0 heterocycles. The van der Waals surface area contributed by atoms with Gasteiger partial charge in [-0.2, -0.15) is 0 Å². The number of carbonyl (C=O) groups excluding carboxylic acids is 1. The van der Waals surface area contributed by atoms with Crippen LogP contribution in [0.25, 0.3) is 5.76 Å². The summed E-state index contributed by atoms with van der Waals surface area (Å²) in [5.74, 6) is -3.88. The van der Waals surface area contributed by atoms with Crippen molar-refractivity contribution in [2.75, 3.05) is 0 Å². The van der Waals surface area contributed by atoms with Crippen molar-refractivity contribution in [3.8, 4) is 5.75 Å². The van der Waals surface area contributed by atoms with Gasteiger partial charge in [0.2, 0.25) is 0 Å². The molecule has 0 aliphatic rings. The molecular formula is C15H10F2O3. The van der Waals surface area contributed by atoms with Crippen LogP contribution >= 0.6 is 0 Å². The lowest BCUT2D eigenvalue weighted by atomic mass is 10.1. The molecule has 20 heavy (non-hydrogen) atoms. The Kier molecular flexibility index (Phi) is 3.79. The number of para-hydroxylation sites is 1. The van der Waals surface area contributed by atoms with Crippen molar-refractivity contribution in [1.29, 1.82) is 0 Å². The molecule has 5 heteroatoms. The van der Waals surface area contributed by atoms with Crippen molar-refractivity contribution in [3.63, 3.8) is 0 Å². The van der Waals surface area contributed by atoms with Crippen LogP contribution in [0.4, 0.5) is 8.78 Å². The van der Waals surface area contributed by atoms with Crippen LogP contribution in [0.5, 0.6) is 5.75 Å². The Balaban J connectivity index is 2.41. The smallest absolute Gasteiger partial charge is 0.195 e. The van der Waals surface area contributed by atoms with Gasteiger partial charge in [-0.3, -0.25) is 4.79 Å². The van der Waals surface area contributed by atoms with Gasteiger partial charge in [-0.25, -0.2) is 8.78 Å². The van der Waals surface area contributed by atoms with Crippen molar-refractivity contribution < 1.29 is 23.8 Å². The van der Waals surface area contributed by atoms with E-state index in [4.69, 9.17) is 0 Å². The molecule has 0 bridgehead atoms. The van der Waals surface area contributed by atoms with Crippen LogP contribution in [0.1, 0.15) is 15.9 Å². The van der Waals surface area contributed by atoms with Gasteiger partial charge in [0.15, 0.2) is 5.78 Å². The first-order chi connectivity index (χ1) is 9.50. The van der Waals surface area contributed by atoms with Gasteiger partial charge in [0.1, 0.15) is 23.1 Å². The summed E-state index contributed by atoms with van der Waals surface area (Å²) in [7, 11) is 0. The summed E-state index contributed by atoms with van der Waals surface area (Å²) in [6.45, 7) is 0. The summed E-state index contributed by atoms with van der Waals surface area (Å²) in [4.78, 5) is 11.8. The number of aliphatic hydroxyl groups excluding tert-OH is 1. The van der Waals surface area contributed by atoms with Crippen molar-refractivity contribution in [2.45, 2.75) is 0 Å². The first kappa shape index (κ1) is 13.7. The summed E-state index contributed by atoms with van der Waals surface area (Å²) in [6, 6.07) is 8.77. The van der Waals surface area contributed by atoms with Gasteiger partial charge in [0.05, 0.1) is 11.1 Å². The molecule has 102 valence electrons. The molecule has 0 saturated carbocycles. The highest BCUT2D eigenvalue weighted by Crippen LogP contribution is 2.23. The number of rotatable bonds is 3. The molecule has 0 aromatic heterocycles. The highest BCUT2D eigenvalue weighted by molar-refractivity contribution is 6.08. The van der Waals surface area contributed by atoms with Gasteiger partial charge < -0.3 is 10.2 Å². The third-order valence-corrected chi connectivity index (χ3v) is 2.66. The van der Waals surface area contributed by atoms with E-state index in [0.717, 1.165) is 18.2 Å². The Labute approximate surface area is 113 Å². The maximum absolute atomic E-state index is 13.4. The van der Waals surface area contributed by atoms with E-state index in [1.807, 2.05) is 0 Å². The number of aliphatic hydroxyl groups is 1. The number of hydrogen-bond acceptors (Lipinski definition) is 3. The maximum atomic E-state index is 13.4. The van der Waals surface area contributed by atoms with Gasteiger partial charge in [0.25, 0.3) is 0 Å². The number of halogens is 2. The van der Waals surface area contributed by atoms with Crippen LogP contribution in [0.15, 0.2) is 48.5 Å². The first-order valence-electron chi connectivity index (χ1n) is 5.68. The Morgan fingerprint density at radius 3 is 2.20 bits per heavy atom. The minimum atomic E-state index is -1.03. The van der Waals surface area contributed by atoms with E-state index < -0.39 is 28.7 Å². The van der Waals surface area contributed by atoms with E-state index in [-0.39, 0.29) is 11.3 Å². The Morgan fingerprint density at radius 1 is 1.00 bits per heavy atom. The highest BCUT2D eigenvalue weighted by Gasteiger charge is 2.16. The molecule has 0 amide bonds. The molecular weight excluding hydrogens is 266 g/mol. The fourth-order valence-corrected chi connectivity index (χ4v) is 1.70. The molecule has 0 fully saturated rings. The van der Waals surface area contributed by atoms with E-state index in [0.29, 0.717) is 6.08 Å². The predicted octanol–water partition coefficient (Wildman–Crippen LogP) is 3.45. The average molecular weight is 276 g/mol. The van der Waals surface area contributed by atoms with Crippen LogP contribution in [0.2, 0.25) is 0 Å². The molecule has 0 saturated heterocycles. The van der Waals surface area contributed by atoms with E-state index in [1.165, 1.54) is 24.3 Å². The molecule has 0 aliphatic heterocycles. The molecule has 2 aromatic rings. The lowest BCUT2D eigenvalue weighted by Crippen LogP contribution is -2.04. The third-order valence-electron chi connectivity index (χ3n) is 2.66. The molecule has 0 radical (unpaired) electrons. The van der Waals surface area contributed by atoms with Crippen LogP contribution in [-0.2, 0) is 0 Å². The predicted molar refractivity (Wildman–Crippen MR) is 69.4 cm³/mol. The monoisotopic (exact) mass is 276 g/mol. The molecule has 2 N–H and O–H groups in total. The van der Waals surface area contributed by atoms with Crippen molar-refractivity contribution in [2.24, 2.45) is 0 Å². The Bertz CT molecular complexity index is 673. The molecule has 2 rings (SSSR count). The van der Waals surface area contributed by atoms with Gasteiger partial charge in [-0.1, -0.05) is 18.2 Å². The van der Waals surface area contributed by atoms with Crippen molar-refractivity contribution >= 4 is 11.5 Å². The number of phenolic OH excluding ortho intramolecular Hbond substituents is 1. The number of aromatic hydroxyl groups is 1. The summed E-state index contributed by atoms with van der Waals surface area (Å²) in [5, 5.41) is 19.3. The summed E-state index contributed by atoms with van der Waals surface area (Å²) in [6.07, 6.45) is 0.663. The topological polar surface area (TPSA) is 57.5 Å². The minimum Gasteiger partial charge on any atom is -0.507 e. The van der Waals surface area contributed by atoms with Crippen LogP contribution < -0.4 is 0 Å². The van der Waals surface area contributed by atoms with Gasteiger partial charge in [-0.05, 0) is 24.3 Å². The van der Waals surface area contributed by atoms with E-state index >= 15 is 0 Å². The molecule has 0 aliphatic carbocycles. The van der Waals surface area contributed by atoms with E-state index in [2.05, 4.69) is 0 Å². The van der Waals surface area contributed by atoms with Crippen LogP contribution in [-0.4, -0.2) is 16.0 Å². The van der Waals surface area contributed by atoms with Gasteiger partial charge in [-0.15, -0.1) is 0 Å². The highest BCUT2D eigenvalue weighted by atomic mass is 19.1. The van der Waals surface area contributed by atoms with E-state index in [1.54, 1.807) is 0 Å². The third kappa shape index (κ3) is 2.66. The second-order valence-corrected chi connectivity index (χ2v) is 4.01. The zero-order valence-electron chi connectivity index (χ0n) is 10.2. The lowest BCUT2D eigenvalue weighted by molar-refractivity contribution is 0.103. The van der Waals surface area contributed by atoms with Crippen LogP contribution in [0.3, 0.4) is 0 Å². The number of hydrogen-bond donors (Lipinski definition) is 2. The normalized spacial score (nSPS) is 11.4. The summed E-state index contributed by atoms with van der Waals surface area (Å²) in [5.41, 5.74) is -0.757. The lowest BCUT2D eigenvalue weighted by Gasteiger charge is -2.04. The number of allylic oxidation sites excluding steroid dienone is 1. The maximum Gasteiger partial charge on any atom is 0.195 e.